The van der Waals surface area contributed by atoms with Crippen LogP contribution in [0.3, 0.4) is 0 Å². The third-order valence-electron chi connectivity index (χ3n) is 5.07. The van der Waals surface area contributed by atoms with Crippen molar-refractivity contribution in [3.63, 3.8) is 0 Å². The van der Waals surface area contributed by atoms with Crippen LogP contribution in [0.4, 0.5) is 0 Å². The van der Waals surface area contributed by atoms with E-state index in [1.807, 2.05) is 0 Å². The van der Waals surface area contributed by atoms with E-state index >= 15 is 0 Å². The van der Waals surface area contributed by atoms with Crippen LogP contribution in [0.1, 0.15) is 33.5 Å². The van der Waals surface area contributed by atoms with E-state index in [0.29, 0.717) is 49.7 Å². The van der Waals surface area contributed by atoms with Gasteiger partial charge in [0.15, 0.2) is 0 Å². The first-order chi connectivity index (χ1) is 15.8. The van der Waals surface area contributed by atoms with Crippen LogP contribution < -0.4 is 5.32 Å². The first kappa shape index (κ1) is 24.7. The Morgan fingerprint density at radius 3 is 2.18 bits per heavy atom. The standard InChI is InChI=1S/C25H25Cl2NO5/c1-5-31-24(29)22-14(3)28-15(4)23(25(30)32-6-2)18(22)10-8-17-9-12-21(33-17)19-13-16(26)7-11-20(19)27/h7-13,18,28H,5-6H2,1-4H3. The van der Waals surface area contributed by atoms with Gasteiger partial charge in [-0.25, -0.2) is 9.59 Å². The molecule has 0 saturated heterocycles. The Labute approximate surface area is 202 Å². The van der Waals surface area contributed by atoms with Crippen LogP contribution in [0.15, 0.2) is 63.4 Å². The van der Waals surface area contributed by atoms with E-state index in [1.54, 1.807) is 70.2 Å². The molecule has 0 spiro atoms. The summed E-state index contributed by atoms with van der Waals surface area (Å²) >= 11 is 12.4. The molecule has 0 atom stereocenters. The lowest BCUT2D eigenvalue weighted by atomic mass is 9.85. The molecular formula is C25H25Cl2NO5. The normalized spacial score (nSPS) is 14.6. The van der Waals surface area contributed by atoms with Gasteiger partial charge in [0.05, 0.1) is 29.4 Å². The number of furan rings is 1. The second kappa shape index (κ2) is 10.8. The number of allylic oxidation sites excluding steroid dienone is 3. The van der Waals surface area contributed by atoms with Gasteiger partial charge in [-0.05, 0) is 64.1 Å². The van der Waals surface area contributed by atoms with Gasteiger partial charge < -0.3 is 19.2 Å². The van der Waals surface area contributed by atoms with Crippen molar-refractivity contribution >= 4 is 41.2 Å². The minimum atomic E-state index is -0.673. The largest absolute Gasteiger partial charge is 0.463 e. The Balaban J connectivity index is 2.00. The number of esters is 2. The Morgan fingerprint density at radius 2 is 1.61 bits per heavy atom. The second-order valence-electron chi connectivity index (χ2n) is 7.31. The van der Waals surface area contributed by atoms with Crippen LogP contribution in [-0.4, -0.2) is 25.2 Å². The zero-order valence-electron chi connectivity index (χ0n) is 18.8. The number of benzene rings is 1. The van der Waals surface area contributed by atoms with Gasteiger partial charge in [0.25, 0.3) is 0 Å². The van der Waals surface area contributed by atoms with Gasteiger partial charge in [0.1, 0.15) is 11.5 Å². The fourth-order valence-corrected chi connectivity index (χ4v) is 4.04. The number of rotatable bonds is 7. The number of nitrogens with one attached hydrogen (secondary N) is 1. The van der Waals surface area contributed by atoms with Crippen LogP contribution in [0, 0.1) is 5.92 Å². The van der Waals surface area contributed by atoms with E-state index in [4.69, 9.17) is 37.1 Å². The molecule has 3 rings (SSSR count). The Bertz CT molecular complexity index is 1120. The molecule has 1 aliphatic heterocycles. The van der Waals surface area contributed by atoms with E-state index in [9.17, 15) is 9.59 Å². The summed E-state index contributed by atoms with van der Waals surface area (Å²) in [5.74, 6) is -0.620. The van der Waals surface area contributed by atoms with Crippen LogP contribution in [0.5, 0.6) is 0 Å². The zero-order chi connectivity index (χ0) is 24.1. The van der Waals surface area contributed by atoms with E-state index in [-0.39, 0.29) is 13.2 Å². The predicted octanol–water partition coefficient (Wildman–Crippen LogP) is 6.16. The van der Waals surface area contributed by atoms with Crippen molar-refractivity contribution in [2.75, 3.05) is 13.2 Å². The summed E-state index contributed by atoms with van der Waals surface area (Å²) < 4.78 is 16.4. The lowest BCUT2D eigenvalue weighted by Crippen LogP contribution is -2.32. The van der Waals surface area contributed by atoms with E-state index in [1.165, 1.54) is 0 Å². The second-order valence-corrected chi connectivity index (χ2v) is 8.15. The maximum Gasteiger partial charge on any atom is 0.336 e. The molecule has 0 fully saturated rings. The first-order valence-electron chi connectivity index (χ1n) is 10.5. The zero-order valence-corrected chi connectivity index (χ0v) is 20.3. The van der Waals surface area contributed by atoms with Crippen molar-refractivity contribution in [3.8, 4) is 11.3 Å². The summed E-state index contributed by atoms with van der Waals surface area (Å²) in [4.78, 5) is 25.5. The summed E-state index contributed by atoms with van der Waals surface area (Å²) in [6.07, 6.45) is 3.44. The fraction of sp³-hybridized carbons (Fsp3) is 0.280. The van der Waals surface area contributed by atoms with Crippen LogP contribution in [-0.2, 0) is 19.1 Å². The Morgan fingerprint density at radius 1 is 1.00 bits per heavy atom. The topological polar surface area (TPSA) is 77.8 Å². The highest BCUT2D eigenvalue weighted by molar-refractivity contribution is 6.35. The molecule has 1 N–H and O–H groups in total. The molecule has 2 aromatic rings. The van der Waals surface area contributed by atoms with E-state index in [2.05, 4.69) is 5.32 Å². The molecule has 1 aliphatic rings. The number of hydrogen-bond donors (Lipinski definition) is 1. The predicted molar refractivity (Wildman–Crippen MR) is 128 cm³/mol. The van der Waals surface area contributed by atoms with Crippen LogP contribution in [0.25, 0.3) is 17.4 Å². The summed E-state index contributed by atoms with van der Waals surface area (Å²) in [5.41, 5.74) is 2.56. The number of ether oxygens (including phenoxy) is 2. The average molecular weight is 490 g/mol. The molecule has 8 heteroatoms. The molecule has 0 saturated carbocycles. The molecule has 2 heterocycles. The molecule has 33 heavy (non-hydrogen) atoms. The van der Waals surface area contributed by atoms with Crippen molar-refractivity contribution in [1.82, 2.24) is 5.32 Å². The Hall–Kier alpha value is -2.96. The highest BCUT2D eigenvalue weighted by Crippen LogP contribution is 2.35. The minimum Gasteiger partial charge on any atom is -0.463 e. The monoisotopic (exact) mass is 489 g/mol. The first-order valence-corrected chi connectivity index (χ1v) is 11.3. The molecule has 6 nitrogen and oxygen atoms in total. The summed E-state index contributed by atoms with van der Waals surface area (Å²) in [6.45, 7) is 7.42. The lowest BCUT2D eigenvalue weighted by molar-refractivity contribution is -0.139. The molecule has 0 radical (unpaired) electrons. The third-order valence-corrected chi connectivity index (χ3v) is 5.63. The average Bonchev–Trinajstić information content (AvgIpc) is 3.22. The van der Waals surface area contributed by atoms with Crippen molar-refractivity contribution < 1.29 is 23.5 Å². The summed E-state index contributed by atoms with van der Waals surface area (Å²) in [5, 5.41) is 4.14. The summed E-state index contributed by atoms with van der Waals surface area (Å²) in [6, 6.07) is 8.67. The molecule has 1 aromatic heterocycles. The van der Waals surface area contributed by atoms with Gasteiger partial charge in [-0.1, -0.05) is 29.3 Å². The molecule has 0 amide bonds. The summed E-state index contributed by atoms with van der Waals surface area (Å²) in [7, 11) is 0. The van der Waals surface area contributed by atoms with Gasteiger partial charge >= 0.3 is 11.9 Å². The molecule has 0 aliphatic carbocycles. The van der Waals surface area contributed by atoms with Crippen molar-refractivity contribution in [3.05, 3.63) is 74.8 Å². The molecule has 0 bridgehead atoms. The molecule has 174 valence electrons. The quantitative estimate of drug-likeness (QED) is 0.469. The lowest BCUT2D eigenvalue weighted by Gasteiger charge is -2.28. The smallest absolute Gasteiger partial charge is 0.336 e. The molecular weight excluding hydrogens is 465 g/mol. The van der Waals surface area contributed by atoms with Gasteiger partial charge in [0, 0.05) is 27.9 Å². The van der Waals surface area contributed by atoms with Gasteiger partial charge in [-0.3, -0.25) is 0 Å². The number of carbonyl (C=O) groups excluding carboxylic acids is 2. The van der Waals surface area contributed by atoms with Gasteiger partial charge in [-0.15, -0.1) is 0 Å². The highest BCUT2D eigenvalue weighted by atomic mass is 35.5. The maximum atomic E-state index is 12.7. The number of halogens is 2. The van der Waals surface area contributed by atoms with Crippen LogP contribution >= 0.6 is 23.2 Å². The van der Waals surface area contributed by atoms with E-state index < -0.39 is 17.9 Å². The number of carbonyl (C=O) groups is 2. The maximum absolute atomic E-state index is 12.7. The van der Waals surface area contributed by atoms with Gasteiger partial charge in [-0.2, -0.15) is 0 Å². The van der Waals surface area contributed by atoms with Crippen molar-refractivity contribution in [2.24, 2.45) is 5.92 Å². The highest BCUT2D eigenvalue weighted by Gasteiger charge is 2.35. The SMILES string of the molecule is CCOC(=O)C1=C(C)NC(C)=C(C(=O)OCC)C1C=Cc1ccc(-c2cc(Cl)ccc2Cl)o1. The van der Waals surface area contributed by atoms with Gasteiger partial charge in [0.2, 0.25) is 0 Å². The molecule has 1 aromatic carbocycles. The van der Waals surface area contributed by atoms with Crippen LogP contribution in [0.2, 0.25) is 10.0 Å². The number of hydrogen-bond acceptors (Lipinski definition) is 6. The Kier molecular flexibility index (Phi) is 8.06. The molecule has 0 unspecified atom stereocenters. The fourth-order valence-electron chi connectivity index (χ4n) is 3.66. The van der Waals surface area contributed by atoms with Crippen molar-refractivity contribution in [2.45, 2.75) is 27.7 Å². The van der Waals surface area contributed by atoms with Crippen molar-refractivity contribution in [1.29, 1.82) is 0 Å². The minimum absolute atomic E-state index is 0.214. The third kappa shape index (κ3) is 5.52. The van der Waals surface area contributed by atoms with E-state index in [0.717, 1.165) is 0 Å². The number of dihydropyridines is 1.